The zero-order valence-electron chi connectivity index (χ0n) is 16.8. The van der Waals surface area contributed by atoms with E-state index < -0.39 is 5.97 Å². The number of carboxylic acid groups (broad SMARTS) is 1. The van der Waals surface area contributed by atoms with Crippen molar-refractivity contribution >= 4 is 23.8 Å². The number of nitrogens with one attached hydrogen (secondary N) is 1. The molecule has 1 heterocycles. The second-order valence-electron chi connectivity index (χ2n) is 8.17. The van der Waals surface area contributed by atoms with Gasteiger partial charge in [-0.05, 0) is 66.8 Å². The van der Waals surface area contributed by atoms with Gasteiger partial charge in [-0.3, -0.25) is 9.79 Å². The molecule has 0 radical (unpaired) electrons. The Bertz CT molecular complexity index is 947. The van der Waals surface area contributed by atoms with Crippen LogP contribution in [0.25, 0.3) is 0 Å². The molecule has 1 fully saturated rings. The zero-order valence-corrected chi connectivity index (χ0v) is 16.8. The highest BCUT2D eigenvalue weighted by atomic mass is 19.1. The second kappa shape index (κ2) is 9.20. The summed E-state index contributed by atoms with van der Waals surface area (Å²) in [5.74, 6) is 0.478. The van der Waals surface area contributed by atoms with Crippen LogP contribution in [0.15, 0.2) is 58.5 Å². The molecule has 0 saturated heterocycles. The summed E-state index contributed by atoms with van der Waals surface area (Å²) in [5.41, 5.74) is 3.14. The standard InChI is InChI=1S/C24H26FN3O2/c25-21-2-1-3-22(13-21)28-24-26-14-20(15-27-24)19-10-8-18(9-11-19)17-6-4-16(5-7-17)12-23(29)30/h1-3,8-11,13-14,16-17,20H,4-7,12,15H2,(H,27,28)(H,29,30). The molecular formula is C24H26FN3O2. The van der Waals surface area contributed by atoms with Gasteiger partial charge in [0.1, 0.15) is 5.82 Å². The van der Waals surface area contributed by atoms with Crippen LogP contribution in [0.3, 0.4) is 0 Å². The summed E-state index contributed by atoms with van der Waals surface area (Å²) >= 11 is 0. The largest absolute Gasteiger partial charge is 0.481 e. The number of carboxylic acids is 1. The van der Waals surface area contributed by atoms with Gasteiger partial charge in [-0.15, -0.1) is 0 Å². The molecule has 1 unspecified atom stereocenters. The van der Waals surface area contributed by atoms with Gasteiger partial charge in [0.2, 0.25) is 5.96 Å². The summed E-state index contributed by atoms with van der Waals surface area (Å²) in [7, 11) is 0. The van der Waals surface area contributed by atoms with E-state index in [0.717, 1.165) is 25.7 Å². The third kappa shape index (κ3) is 5.12. The average Bonchev–Trinajstić information content (AvgIpc) is 2.75. The van der Waals surface area contributed by atoms with Gasteiger partial charge in [0.05, 0.1) is 6.54 Å². The topological polar surface area (TPSA) is 74.0 Å². The van der Waals surface area contributed by atoms with Crippen molar-refractivity contribution in [3.8, 4) is 0 Å². The Balaban J connectivity index is 1.31. The van der Waals surface area contributed by atoms with E-state index in [-0.39, 0.29) is 11.7 Å². The molecule has 1 aliphatic heterocycles. The van der Waals surface area contributed by atoms with Crippen molar-refractivity contribution in [3.63, 3.8) is 0 Å². The number of benzene rings is 2. The van der Waals surface area contributed by atoms with Crippen LogP contribution in [-0.2, 0) is 4.79 Å². The molecule has 30 heavy (non-hydrogen) atoms. The minimum atomic E-state index is -0.686. The first-order chi connectivity index (χ1) is 14.6. The number of aliphatic carboxylic acids is 1. The fourth-order valence-electron chi connectivity index (χ4n) is 4.35. The summed E-state index contributed by atoms with van der Waals surface area (Å²) in [5, 5.41) is 12.0. The van der Waals surface area contributed by atoms with Crippen LogP contribution in [0, 0.1) is 11.7 Å². The molecule has 2 aliphatic rings. The Hall–Kier alpha value is -3.02. The van der Waals surface area contributed by atoms with E-state index >= 15 is 0 Å². The fraction of sp³-hybridized carbons (Fsp3) is 0.375. The van der Waals surface area contributed by atoms with Crippen molar-refractivity contribution in [2.75, 3.05) is 11.9 Å². The van der Waals surface area contributed by atoms with Crippen molar-refractivity contribution in [2.45, 2.75) is 43.9 Å². The molecule has 1 aliphatic carbocycles. The van der Waals surface area contributed by atoms with E-state index in [9.17, 15) is 9.18 Å². The molecule has 2 aromatic rings. The number of rotatable bonds is 5. The van der Waals surface area contributed by atoms with E-state index in [2.05, 4.69) is 39.6 Å². The Morgan fingerprint density at radius 1 is 1.07 bits per heavy atom. The lowest BCUT2D eigenvalue weighted by Gasteiger charge is -2.28. The van der Waals surface area contributed by atoms with E-state index in [1.165, 1.54) is 23.3 Å². The first kappa shape index (κ1) is 20.3. The van der Waals surface area contributed by atoms with Crippen LogP contribution < -0.4 is 5.32 Å². The minimum Gasteiger partial charge on any atom is -0.481 e. The van der Waals surface area contributed by atoms with Crippen molar-refractivity contribution in [3.05, 3.63) is 65.5 Å². The Labute approximate surface area is 175 Å². The third-order valence-corrected chi connectivity index (χ3v) is 6.04. The molecule has 0 amide bonds. The van der Waals surface area contributed by atoms with Gasteiger partial charge < -0.3 is 10.4 Å². The molecular weight excluding hydrogens is 381 g/mol. The van der Waals surface area contributed by atoms with Crippen LogP contribution in [0.2, 0.25) is 0 Å². The van der Waals surface area contributed by atoms with Crippen LogP contribution in [0.1, 0.15) is 55.1 Å². The lowest BCUT2D eigenvalue weighted by Crippen LogP contribution is -2.19. The van der Waals surface area contributed by atoms with Crippen LogP contribution in [0.5, 0.6) is 0 Å². The molecule has 2 aromatic carbocycles. The molecule has 2 N–H and O–H groups in total. The number of hydrogen-bond acceptors (Lipinski definition) is 4. The monoisotopic (exact) mass is 407 g/mol. The number of guanidine groups is 1. The Morgan fingerprint density at radius 2 is 1.80 bits per heavy atom. The van der Waals surface area contributed by atoms with E-state index in [4.69, 9.17) is 5.11 Å². The summed E-state index contributed by atoms with van der Waals surface area (Å²) < 4.78 is 13.3. The summed E-state index contributed by atoms with van der Waals surface area (Å²) in [6, 6.07) is 14.9. The highest BCUT2D eigenvalue weighted by molar-refractivity contribution is 6.00. The molecule has 0 bridgehead atoms. The number of aliphatic imine (C=N–C) groups is 2. The quantitative estimate of drug-likeness (QED) is 0.714. The van der Waals surface area contributed by atoms with Crippen molar-refractivity contribution < 1.29 is 14.3 Å². The Kier molecular flexibility index (Phi) is 6.21. The highest BCUT2D eigenvalue weighted by Gasteiger charge is 2.24. The van der Waals surface area contributed by atoms with Gasteiger partial charge in [-0.25, -0.2) is 9.38 Å². The second-order valence-corrected chi connectivity index (χ2v) is 8.17. The Morgan fingerprint density at radius 3 is 2.43 bits per heavy atom. The molecule has 4 rings (SSSR count). The summed E-state index contributed by atoms with van der Waals surface area (Å²) in [6.45, 7) is 0.598. The molecule has 0 aromatic heterocycles. The van der Waals surface area contributed by atoms with Crippen molar-refractivity contribution in [1.29, 1.82) is 0 Å². The number of carbonyl (C=O) groups is 1. The van der Waals surface area contributed by atoms with Crippen molar-refractivity contribution in [2.24, 2.45) is 15.9 Å². The first-order valence-corrected chi connectivity index (χ1v) is 10.5. The number of halogens is 1. The van der Waals surface area contributed by atoms with Gasteiger partial charge in [0.25, 0.3) is 0 Å². The summed E-state index contributed by atoms with van der Waals surface area (Å²) in [4.78, 5) is 19.8. The average molecular weight is 407 g/mol. The minimum absolute atomic E-state index is 0.128. The first-order valence-electron chi connectivity index (χ1n) is 10.5. The SMILES string of the molecule is O=C(O)CC1CCC(c2ccc(C3C=NC(Nc4cccc(F)c4)=NC3)cc2)CC1. The van der Waals surface area contributed by atoms with Gasteiger partial charge in [-0.1, -0.05) is 30.3 Å². The summed E-state index contributed by atoms with van der Waals surface area (Å²) in [6.07, 6.45) is 6.28. The highest BCUT2D eigenvalue weighted by Crippen LogP contribution is 2.37. The molecule has 6 heteroatoms. The number of hydrogen-bond donors (Lipinski definition) is 2. The predicted octanol–water partition coefficient (Wildman–Crippen LogP) is 5.21. The maximum absolute atomic E-state index is 13.3. The van der Waals surface area contributed by atoms with Crippen LogP contribution >= 0.6 is 0 Å². The maximum atomic E-state index is 13.3. The molecule has 0 spiro atoms. The molecule has 5 nitrogen and oxygen atoms in total. The van der Waals surface area contributed by atoms with Crippen LogP contribution in [0.4, 0.5) is 10.1 Å². The van der Waals surface area contributed by atoms with Gasteiger partial charge in [0, 0.05) is 24.2 Å². The van der Waals surface area contributed by atoms with Crippen molar-refractivity contribution in [1.82, 2.24) is 0 Å². The van der Waals surface area contributed by atoms with E-state index in [1.807, 2.05) is 6.21 Å². The normalized spacial score (nSPS) is 23.6. The molecule has 156 valence electrons. The lowest BCUT2D eigenvalue weighted by atomic mass is 9.77. The lowest BCUT2D eigenvalue weighted by molar-refractivity contribution is -0.138. The van der Waals surface area contributed by atoms with Gasteiger partial charge >= 0.3 is 5.97 Å². The predicted molar refractivity (Wildman–Crippen MR) is 117 cm³/mol. The number of nitrogens with zero attached hydrogens (tertiary/aromatic N) is 2. The number of anilines is 1. The maximum Gasteiger partial charge on any atom is 0.303 e. The van der Waals surface area contributed by atoms with Crippen LogP contribution in [-0.4, -0.2) is 29.8 Å². The smallest absolute Gasteiger partial charge is 0.303 e. The third-order valence-electron chi connectivity index (χ3n) is 6.04. The zero-order chi connectivity index (χ0) is 20.9. The van der Waals surface area contributed by atoms with E-state index in [0.29, 0.717) is 36.4 Å². The van der Waals surface area contributed by atoms with Gasteiger partial charge in [0.15, 0.2) is 0 Å². The molecule has 1 saturated carbocycles. The van der Waals surface area contributed by atoms with E-state index in [1.54, 1.807) is 12.1 Å². The molecule has 1 atom stereocenters. The van der Waals surface area contributed by atoms with Gasteiger partial charge in [-0.2, -0.15) is 0 Å². The fourth-order valence-corrected chi connectivity index (χ4v) is 4.35.